The quantitative estimate of drug-likeness (QED) is 0.705. The van der Waals surface area contributed by atoms with Gasteiger partial charge in [-0.2, -0.15) is 0 Å². The molecule has 1 aromatic heterocycles. The van der Waals surface area contributed by atoms with Gasteiger partial charge in [-0.1, -0.05) is 5.21 Å². The van der Waals surface area contributed by atoms with Gasteiger partial charge in [-0.3, -0.25) is 4.79 Å². The van der Waals surface area contributed by atoms with E-state index in [1.54, 1.807) is 14.0 Å². The summed E-state index contributed by atoms with van der Waals surface area (Å²) in [6, 6.07) is 0. The number of anilines is 1. The zero-order valence-electron chi connectivity index (χ0n) is 7.81. The Balaban J connectivity index is 2.60. The number of hydrogen-bond donors (Lipinski definition) is 1. The number of rotatable bonds is 3. The normalized spacial score (nSPS) is 12.5. The first-order valence-electron chi connectivity index (χ1n) is 3.83. The minimum absolute atomic E-state index is 0.215. The molecule has 1 rings (SSSR count). The molecular weight excluding hydrogens is 172 g/mol. The first-order chi connectivity index (χ1) is 6.15. The van der Waals surface area contributed by atoms with Crippen LogP contribution in [0.25, 0.3) is 0 Å². The van der Waals surface area contributed by atoms with E-state index in [2.05, 4.69) is 15.6 Å². The van der Waals surface area contributed by atoms with Crippen molar-refractivity contribution in [2.75, 3.05) is 12.4 Å². The monoisotopic (exact) mass is 184 g/mol. The lowest BCUT2D eigenvalue weighted by molar-refractivity contribution is -0.124. The number of methoxy groups -OCH3 is 1. The highest BCUT2D eigenvalue weighted by Gasteiger charge is 2.12. The second-order valence-electron chi connectivity index (χ2n) is 2.61. The molecule has 0 saturated heterocycles. The molecule has 0 fully saturated rings. The zero-order chi connectivity index (χ0) is 9.84. The van der Waals surface area contributed by atoms with Crippen LogP contribution in [0, 0.1) is 0 Å². The molecule has 1 atom stereocenters. The first-order valence-corrected chi connectivity index (χ1v) is 3.83. The fourth-order valence-electron chi connectivity index (χ4n) is 0.738. The lowest BCUT2D eigenvalue weighted by Crippen LogP contribution is -2.27. The molecule has 1 N–H and O–H groups in total. The van der Waals surface area contributed by atoms with Crippen molar-refractivity contribution in [1.82, 2.24) is 15.0 Å². The van der Waals surface area contributed by atoms with Crippen LogP contribution in [0.5, 0.6) is 0 Å². The summed E-state index contributed by atoms with van der Waals surface area (Å²) in [5, 5.41) is 9.90. The Labute approximate surface area is 75.9 Å². The lowest BCUT2D eigenvalue weighted by atomic mass is 10.4. The van der Waals surface area contributed by atoms with Crippen LogP contribution in [0.3, 0.4) is 0 Å². The van der Waals surface area contributed by atoms with E-state index < -0.39 is 6.10 Å². The van der Waals surface area contributed by atoms with Crippen molar-refractivity contribution in [2.45, 2.75) is 13.0 Å². The molecule has 1 heterocycles. The number of carbonyl (C=O) groups is 1. The Morgan fingerprint density at radius 1 is 1.77 bits per heavy atom. The Morgan fingerprint density at radius 3 is 2.92 bits per heavy atom. The highest BCUT2D eigenvalue weighted by molar-refractivity contribution is 5.92. The molecular formula is C7H12N4O2. The number of aromatic nitrogens is 3. The molecule has 6 nitrogen and oxygen atoms in total. The topological polar surface area (TPSA) is 69.0 Å². The number of nitrogens with zero attached hydrogens (tertiary/aromatic N) is 3. The Bertz CT molecular complexity index is 296. The third-order valence-electron chi connectivity index (χ3n) is 1.69. The van der Waals surface area contributed by atoms with Crippen molar-refractivity contribution in [2.24, 2.45) is 7.05 Å². The zero-order valence-corrected chi connectivity index (χ0v) is 7.81. The van der Waals surface area contributed by atoms with Gasteiger partial charge in [0, 0.05) is 14.2 Å². The van der Waals surface area contributed by atoms with Gasteiger partial charge in [0.1, 0.15) is 6.10 Å². The molecule has 0 aliphatic rings. The number of nitrogens with one attached hydrogen (secondary N) is 1. The summed E-state index contributed by atoms with van der Waals surface area (Å²) in [5.74, 6) is 0.335. The van der Waals surface area contributed by atoms with E-state index in [1.807, 2.05) is 0 Å². The van der Waals surface area contributed by atoms with E-state index in [1.165, 1.54) is 18.0 Å². The van der Waals surface area contributed by atoms with Crippen molar-refractivity contribution in [3.05, 3.63) is 6.20 Å². The van der Waals surface area contributed by atoms with Crippen molar-refractivity contribution in [3.8, 4) is 0 Å². The standard InChI is InChI=1S/C7H12N4O2/c1-5(13-3)7(12)9-6-4-8-10-11(6)2/h4-5H,1-3H3,(H,9,12). The number of aryl methyl sites for hydroxylation is 1. The fourth-order valence-corrected chi connectivity index (χ4v) is 0.738. The molecule has 0 saturated carbocycles. The van der Waals surface area contributed by atoms with Gasteiger partial charge in [-0.25, -0.2) is 4.68 Å². The minimum Gasteiger partial charge on any atom is -0.372 e. The summed E-state index contributed by atoms with van der Waals surface area (Å²) in [7, 11) is 3.17. The van der Waals surface area contributed by atoms with Gasteiger partial charge in [-0.05, 0) is 6.92 Å². The summed E-state index contributed by atoms with van der Waals surface area (Å²) in [6.45, 7) is 1.67. The highest BCUT2D eigenvalue weighted by atomic mass is 16.5. The van der Waals surface area contributed by atoms with Crippen LogP contribution in [-0.2, 0) is 16.6 Å². The average Bonchev–Trinajstić information content (AvgIpc) is 2.50. The van der Waals surface area contributed by atoms with Gasteiger partial charge in [0.05, 0.1) is 6.20 Å². The van der Waals surface area contributed by atoms with Crippen molar-refractivity contribution < 1.29 is 9.53 Å². The Kier molecular flexibility index (Phi) is 2.97. The van der Waals surface area contributed by atoms with Crippen molar-refractivity contribution in [1.29, 1.82) is 0 Å². The van der Waals surface area contributed by atoms with Gasteiger partial charge >= 0.3 is 0 Å². The molecule has 0 radical (unpaired) electrons. The molecule has 0 aliphatic heterocycles. The predicted molar refractivity (Wildman–Crippen MR) is 46.1 cm³/mol. The maximum atomic E-state index is 11.3. The van der Waals surface area contributed by atoms with Crippen LogP contribution >= 0.6 is 0 Å². The molecule has 0 spiro atoms. The van der Waals surface area contributed by atoms with E-state index in [9.17, 15) is 4.79 Å². The fraction of sp³-hybridized carbons (Fsp3) is 0.571. The molecule has 1 unspecified atom stereocenters. The SMILES string of the molecule is COC(C)C(=O)Nc1cnnn1C. The molecule has 72 valence electrons. The molecule has 0 aliphatic carbocycles. The number of ether oxygens (including phenoxy) is 1. The van der Waals surface area contributed by atoms with Crippen LogP contribution < -0.4 is 5.32 Å². The van der Waals surface area contributed by atoms with E-state index in [0.717, 1.165) is 0 Å². The van der Waals surface area contributed by atoms with Gasteiger partial charge in [0.2, 0.25) is 0 Å². The number of amides is 1. The van der Waals surface area contributed by atoms with Gasteiger partial charge in [0.25, 0.3) is 5.91 Å². The van der Waals surface area contributed by atoms with Crippen LogP contribution in [-0.4, -0.2) is 34.1 Å². The third kappa shape index (κ3) is 2.25. The summed E-state index contributed by atoms with van der Waals surface area (Å²) in [4.78, 5) is 11.3. The summed E-state index contributed by atoms with van der Waals surface area (Å²) >= 11 is 0. The molecule has 1 amide bonds. The van der Waals surface area contributed by atoms with Crippen molar-refractivity contribution >= 4 is 11.7 Å². The molecule has 1 aromatic rings. The van der Waals surface area contributed by atoms with E-state index >= 15 is 0 Å². The first kappa shape index (κ1) is 9.66. The third-order valence-corrected chi connectivity index (χ3v) is 1.69. The largest absolute Gasteiger partial charge is 0.372 e. The van der Waals surface area contributed by atoms with Crippen LogP contribution in [0.1, 0.15) is 6.92 Å². The van der Waals surface area contributed by atoms with Gasteiger partial charge in [-0.15, -0.1) is 5.10 Å². The lowest BCUT2D eigenvalue weighted by Gasteiger charge is -2.09. The van der Waals surface area contributed by atoms with Gasteiger partial charge in [0.15, 0.2) is 5.82 Å². The smallest absolute Gasteiger partial charge is 0.254 e. The van der Waals surface area contributed by atoms with E-state index in [4.69, 9.17) is 4.74 Å². The number of hydrogen-bond acceptors (Lipinski definition) is 4. The Morgan fingerprint density at radius 2 is 2.46 bits per heavy atom. The Hall–Kier alpha value is -1.43. The van der Waals surface area contributed by atoms with Crippen molar-refractivity contribution in [3.63, 3.8) is 0 Å². The van der Waals surface area contributed by atoms with Crippen LogP contribution in [0.2, 0.25) is 0 Å². The summed E-state index contributed by atoms with van der Waals surface area (Å²) in [5.41, 5.74) is 0. The maximum Gasteiger partial charge on any atom is 0.254 e. The maximum absolute atomic E-state index is 11.3. The van der Waals surface area contributed by atoms with E-state index in [-0.39, 0.29) is 5.91 Å². The van der Waals surface area contributed by atoms with Gasteiger partial charge < -0.3 is 10.1 Å². The summed E-state index contributed by atoms with van der Waals surface area (Å²) < 4.78 is 6.31. The predicted octanol–water partition coefficient (Wildman–Crippen LogP) is -0.212. The second kappa shape index (κ2) is 3.99. The summed E-state index contributed by atoms with van der Waals surface area (Å²) in [6.07, 6.45) is 0.996. The van der Waals surface area contributed by atoms with Crippen LogP contribution in [0.15, 0.2) is 6.20 Å². The molecule has 0 aromatic carbocycles. The van der Waals surface area contributed by atoms with Crippen LogP contribution in [0.4, 0.5) is 5.82 Å². The molecule has 0 bridgehead atoms. The molecule has 6 heteroatoms. The second-order valence-corrected chi connectivity index (χ2v) is 2.61. The molecule has 13 heavy (non-hydrogen) atoms. The minimum atomic E-state index is -0.477. The highest BCUT2D eigenvalue weighted by Crippen LogP contribution is 2.02. The van der Waals surface area contributed by atoms with E-state index in [0.29, 0.717) is 5.82 Å². The average molecular weight is 184 g/mol. The number of carbonyl (C=O) groups excluding carboxylic acids is 1.